The van der Waals surface area contributed by atoms with Crippen molar-refractivity contribution in [2.45, 2.75) is 19.3 Å². The second-order valence-corrected chi connectivity index (χ2v) is 4.66. The van der Waals surface area contributed by atoms with Gasteiger partial charge in [0.15, 0.2) is 0 Å². The molecular formula is C14H14N2O3. The number of nitriles is 1. The third kappa shape index (κ3) is 2.91. The summed E-state index contributed by atoms with van der Waals surface area (Å²) in [7, 11) is 0. The number of hydrogen-bond donors (Lipinski definition) is 2. The first-order valence-electron chi connectivity index (χ1n) is 6.15. The summed E-state index contributed by atoms with van der Waals surface area (Å²) in [5, 5.41) is 20.5. The van der Waals surface area contributed by atoms with E-state index in [9.17, 15) is 9.59 Å². The smallest absolute Gasteiger partial charge is 0.307 e. The minimum Gasteiger partial charge on any atom is -0.481 e. The Hall–Kier alpha value is -2.35. The molecule has 1 aliphatic carbocycles. The zero-order valence-corrected chi connectivity index (χ0v) is 10.3. The van der Waals surface area contributed by atoms with E-state index in [2.05, 4.69) is 5.32 Å². The van der Waals surface area contributed by atoms with Gasteiger partial charge in [0.25, 0.3) is 0 Å². The molecule has 1 fully saturated rings. The van der Waals surface area contributed by atoms with Crippen LogP contribution < -0.4 is 5.32 Å². The van der Waals surface area contributed by atoms with Crippen LogP contribution in [0.1, 0.15) is 24.8 Å². The molecule has 1 aromatic rings. The van der Waals surface area contributed by atoms with Crippen molar-refractivity contribution in [2.24, 2.45) is 11.8 Å². The fraction of sp³-hybridized carbons (Fsp3) is 0.357. The van der Waals surface area contributed by atoms with E-state index in [-0.39, 0.29) is 5.91 Å². The normalized spacial score (nSPS) is 21.6. The Kier molecular flexibility index (Phi) is 3.81. The van der Waals surface area contributed by atoms with E-state index in [0.717, 1.165) is 6.42 Å². The zero-order valence-electron chi connectivity index (χ0n) is 10.3. The van der Waals surface area contributed by atoms with Crippen LogP contribution in [0.2, 0.25) is 0 Å². The van der Waals surface area contributed by atoms with E-state index in [4.69, 9.17) is 10.4 Å². The Labute approximate surface area is 110 Å². The van der Waals surface area contributed by atoms with Crippen LogP contribution in [0.5, 0.6) is 0 Å². The third-order valence-corrected chi connectivity index (χ3v) is 3.43. The van der Waals surface area contributed by atoms with Gasteiger partial charge in [0.05, 0.1) is 23.5 Å². The van der Waals surface area contributed by atoms with Crippen LogP contribution in [0.15, 0.2) is 24.3 Å². The Morgan fingerprint density at radius 2 is 2.05 bits per heavy atom. The average Bonchev–Trinajstić information content (AvgIpc) is 2.88. The number of carbonyl (C=O) groups excluding carboxylic acids is 1. The topological polar surface area (TPSA) is 90.2 Å². The highest BCUT2D eigenvalue weighted by Gasteiger charge is 2.37. The first kappa shape index (κ1) is 13.1. The van der Waals surface area contributed by atoms with E-state index in [0.29, 0.717) is 24.1 Å². The molecule has 2 unspecified atom stereocenters. The summed E-state index contributed by atoms with van der Waals surface area (Å²) in [4.78, 5) is 23.1. The van der Waals surface area contributed by atoms with E-state index in [1.807, 2.05) is 6.07 Å². The molecule has 0 spiro atoms. The third-order valence-electron chi connectivity index (χ3n) is 3.43. The molecule has 5 heteroatoms. The van der Waals surface area contributed by atoms with Gasteiger partial charge in [-0.2, -0.15) is 5.26 Å². The second kappa shape index (κ2) is 5.53. The number of nitrogens with zero attached hydrogens (tertiary/aromatic N) is 1. The lowest BCUT2D eigenvalue weighted by Gasteiger charge is -2.15. The van der Waals surface area contributed by atoms with E-state index < -0.39 is 17.8 Å². The maximum absolute atomic E-state index is 12.1. The van der Waals surface area contributed by atoms with Crippen molar-refractivity contribution in [2.75, 3.05) is 5.32 Å². The van der Waals surface area contributed by atoms with Crippen LogP contribution in [0, 0.1) is 23.2 Å². The van der Waals surface area contributed by atoms with Gasteiger partial charge in [0, 0.05) is 5.69 Å². The highest BCUT2D eigenvalue weighted by atomic mass is 16.4. The number of nitrogens with one attached hydrogen (secondary N) is 1. The predicted molar refractivity (Wildman–Crippen MR) is 68.3 cm³/mol. The molecular weight excluding hydrogens is 244 g/mol. The number of rotatable bonds is 3. The molecule has 0 bridgehead atoms. The van der Waals surface area contributed by atoms with Crippen molar-refractivity contribution in [3.63, 3.8) is 0 Å². The van der Waals surface area contributed by atoms with Crippen molar-refractivity contribution < 1.29 is 14.7 Å². The summed E-state index contributed by atoms with van der Waals surface area (Å²) >= 11 is 0. The lowest BCUT2D eigenvalue weighted by Crippen LogP contribution is -2.29. The summed E-state index contributed by atoms with van der Waals surface area (Å²) in [5.41, 5.74) is 0.985. The van der Waals surface area contributed by atoms with Gasteiger partial charge in [-0.05, 0) is 31.0 Å². The molecule has 98 valence electrons. The summed E-state index contributed by atoms with van der Waals surface area (Å²) in [6.45, 7) is 0. The van der Waals surface area contributed by atoms with Crippen LogP contribution in [-0.2, 0) is 9.59 Å². The summed E-state index contributed by atoms with van der Waals surface area (Å²) in [6.07, 6.45) is 1.90. The Morgan fingerprint density at radius 1 is 1.32 bits per heavy atom. The van der Waals surface area contributed by atoms with Crippen LogP contribution in [0.4, 0.5) is 5.69 Å². The average molecular weight is 258 g/mol. The van der Waals surface area contributed by atoms with Crippen LogP contribution in [0.3, 0.4) is 0 Å². The number of carboxylic acids is 1. The maximum atomic E-state index is 12.1. The number of anilines is 1. The molecule has 2 atom stereocenters. The van der Waals surface area contributed by atoms with Gasteiger partial charge < -0.3 is 10.4 Å². The SMILES string of the molecule is N#Cc1cccc(NC(=O)C2CCCC2C(=O)O)c1. The van der Waals surface area contributed by atoms with Gasteiger partial charge in [0.2, 0.25) is 5.91 Å². The molecule has 0 saturated heterocycles. The van der Waals surface area contributed by atoms with Gasteiger partial charge in [-0.1, -0.05) is 12.5 Å². The number of carbonyl (C=O) groups is 2. The number of aliphatic carboxylic acids is 1. The number of carboxylic acid groups (broad SMARTS) is 1. The van der Waals surface area contributed by atoms with Crippen molar-refractivity contribution in [1.82, 2.24) is 0 Å². The van der Waals surface area contributed by atoms with E-state index >= 15 is 0 Å². The Balaban J connectivity index is 2.08. The lowest BCUT2D eigenvalue weighted by atomic mass is 9.95. The van der Waals surface area contributed by atoms with Gasteiger partial charge >= 0.3 is 5.97 Å². The van der Waals surface area contributed by atoms with Gasteiger partial charge in [-0.3, -0.25) is 9.59 Å². The van der Waals surface area contributed by atoms with Crippen molar-refractivity contribution >= 4 is 17.6 Å². The standard InChI is InChI=1S/C14H14N2O3/c15-8-9-3-1-4-10(7-9)16-13(17)11-5-2-6-12(11)14(18)19/h1,3-4,7,11-12H,2,5-6H2,(H,16,17)(H,18,19). The van der Waals surface area contributed by atoms with Crippen LogP contribution in [0.25, 0.3) is 0 Å². The van der Waals surface area contributed by atoms with Crippen molar-refractivity contribution in [3.8, 4) is 6.07 Å². The molecule has 2 rings (SSSR count). The molecule has 5 nitrogen and oxygen atoms in total. The molecule has 2 N–H and O–H groups in total. The number of hydrogen-bond acceptors (Lipinski definition) is 3. The molecule has 0 aliphatic heterocycles. The Morgan fingerprint density at radius 3 is 2.74 bits per heavy atom. The Bertz CT molecular complexity index is 548. The molecule has 0 radical (unpaired) electrons. The first-order chi connectivity index (χ1) is 9.11. The quantitative estimate of drug-likeness (QED) is 0.867. The summed E-state index contributed by atoms with van der Waals surface area (Å²) < 4.78 is 0. The first-order valence-corrected chi connectivity index (χ1v) is 6.15. The monoisotopic (exact) mass is 258 g/mol. The molecule has 0 heterocycles. The van der Waals surface area contributed by atoms with Crippen LogP contribution in [-0.4, -0.2) is 17.0 Å². The molecule has 1 aliphatic rings. The van der Waals surface area contributed by atoms with Crippen LogP contribution >= 0.6 is 0 Å². The van der Waals surface area contributed by atoms with Gasteiger partial charge in [-0.25, -0.2) is 0 Å². The number of benzene rings is 1. The summed E-state index contributed by atoms with van der Waals surface area (Å²) in [6, 6.07) is 8.57. The number of amides is 1. The minimum atomic E-state index is -0.913. The maximum Gasteiger partial charge on any atom is 0.307 e. The highest BCUT2D eigenvalue weighted by Crippen LogP contribution is 2.32. The molecule has 1 saturated carbocycles. The van der Waals surface area contributed by atoms with E-state index in [1.54, 1.807) is 24.3 Å². The molecule has 19 heavy (non-hydrogen) atoms. The lowest BCUT2D eigenvalue weighted by molar-refractivity contribution is -0.145. The molecule has 1 aromatic carbocycles. The van der Waals surface area contributed by atoms with Gasteiger partial charge in [0.1, 0.15) is 0 Å². The van der Waals surface area contributed by atoms with Gasteiger partial charge in [-0.15, -0.1) is 0 Å². The molecule has 1 amide bonds. The summed E-state index contributed by atoms with van der Waals surface area (Å²) in [5.74, 6) is -2.27. The second-order valence-electron chi connectivity index (χ2n) is 4.66. The fourth-order valence-corrected chi connectivity index (χ4v) is 2.47. The zero-order chi connectivity index (χ0) is 13.8. The molecule has 0 aromatic heterocycles. The predicted octanol–water partition coefficient (Wildman–Crippen LogP) is 2.00. The highest BCUT2D eigenvalue weighted by molar-refractivity contribution is 5.95. The minimum absolute atomic E-state index is 0.278. The largest absolute Gasteiger partial charge is 0.481 e. The van der Waals surface area contributed by atoms with Crippen molar-refractivity contribution in [1.29, 1.82) is 5.26 Å². The van der Waals surface area contributed by atoms with Crippen molar-refractivity contribution in [3.05, 3.63) is 29.8 Å². The fourth-order valence-electron chi connectivity index (χ4n) is 2.47. The van der Waals surface area contributed by atoms with E-state index in [1.165, 1.54) is 0 Å².